The van der Waals surface area contributed by atoms with Gasteiger partial charge < -0.3 is 10.6 Å². The number of rotatable bonds is 4. The summed E-state index contributed by atoms with van der Waals surface area (Å²) in [5, 5.41) is 0. The molecule has 0 unspecified atom stereocenters. The molecule has 0 aliphatic heterocycles. The predicted octanol–water partition coefficient (Wildman–Crippen LogP) is 2.66. The van der Waals surface area contributed by atoms with Crippen LogP contribution in [0.5, 0.6) is 0 Å². The van der Waals surface area contributed by atoms with Crippen molar-refractivity contribution in [2.75, 3.05) is 20.6 Å². The molecule has 0 heterocycles. The van der Waals surface area contributed by atoms with Crippen molar-refractivity contribution in [2.45, 2.75) is 37.6 Å². The van der Waals surface area contributed by atoms with Crippen molar-refractivity contribution in [2.24, 2.45) is 5.73 Å². The molecule has 0 radical (unpaired) electrons. The number of benzene rings is 1. The molecule has 1 saturated carbocycles. The summed E-state index contributed by atoms with van der Waals surface area (Å²) in [4.78, 5) is 1.98. The minimum Gasteiger partial charge on any atom is -0.330 e. The summed E-state index contributed by atoms with van der Waals surface area (Å²) in [5.74, 6) is -0.0964. The van der Waals surface area contributed by atoms with E-state index in [0.717, 1.165) is 24.0 Å². The Labute approximate surface area is 109 Å². The molecule has 0 atom stereocenters. The van der Waals surface area contributed by atoms with Gasteiger partial charge in [-0.05, 0) is 38.6 Å². The van der Waals surface area contributed by atoms with Crippen LogP contribution in [0.15, 0.2) is 18.2 Å². The predicted molar refractivity (Wildman–Crippen MR) is 73.0 cm³/mol. The Bertz CT molecular complexity index is 409. The van der Waals surface area contributed by atoms with E-state index in [9.17, 15) is 4.39 Å². The fourth-order valence-corrected chi connectivity index (χ4v) is 3.01. The van der Waals surface area contributed by atoms with Gasteiger partial charge in [0.05, 0.1) is 0 Å². The number of halogens is 1. The lowest BCUT2D eigenvalue weighted by Gasteiger charge is -2.28. The number of hydrogen-bond acceptors (Lipinski definition) is 2. The standard InChI is InChI=1S/C15H23FN2/c1-18(2)10-12-5-6-13(9-14(12)16)15(11-17)7-3-4-8-15/h5-6,9H,3-4,7-8,10-11,17H2,1-2H3. The normalized spacial score (nSPS) is 18.5. The van der Waals surface area contributed by atoms with Crippen LogP contribution >= 0.6 is 0 Å². The Hall–Kier alpha value is -0.930. The van der Waals surface area contributed by atoms with Gasteiger partial charge in [-0.15, -0.1) is 0 Å². The molecule has 18 heavy (non-hydrogen) atoms. The molecule has 1 aromatic rings. The fourth-order valence-electron chi connectivity index (χ4n) is 3.01. The van der Waals surface area contributed by atoms with Crippen molar-refractivity contribution in [3.05, 3.63) is 35.1 Å². The van der Waals surface area contributed by atoms with Gasteiger partial charge >= 0.3 is 0 Å². The first-order chi connectivity index (χ1) is 8.57. The average molecular weight is 250 g/mol. The third kappa shape index (κ3) is 2.57. The molecule has 1 aliphatic rings. The first-order valence-corrected chi connectivity index (χ1v) is 6.71. The molecule has 0 spiro atoms. The topological polar surface area (TPSA) is 29.3 Å². The van der Waals surface area contributed by atoms with Crippen molar-refractivity contribution < 1.29 is 4.39 Å². The molecular weight excluding hydrogens is 227 g/mol. The van der Waals surface area contributed by atoms with Gasteiger partial charge in [-0.2, -0.15) is 0 Å². The van der Waals surface area contributed by atoms with Crippen LogP contribution in [0.1, 0.15) is 36.8 Å². The number of nitrogens with zero attached hydrogens (tertiary/aromatic N) is 1. The molecule has 0 amide bonds. The molecule has 0 saturated heterocycles. The molecule has 1 fully saturated rings. The van der Waals surface area contributed by atoms with Crippen LogP contribution in [0, 0.1) is 5.82 Å². The van der Waals surface area contributed by atoms with Crippen molar-refractivity contribution >= 4 is 0 Å². The van der Waals surface area contributed by atoms with Gasteiger partial charge in [0.2, 0.25) is 0 Å². The monoisotopic (exact) mass is 250 g/mol. The van der Waals surface area contributed by atoms with E-state index >= 15 is 0 Å². The smallest absolute Gasteiger partial charge is 0.127 e. The molecule has 1 aromatic carbocycles. The van der Waals surface area contributed by atoms with Crippen LogP contribution in [-0.4, -0.2) is 25.5 Å². The van der Waals surface area contributed by atoms with E-state index < -0.39 is 0 Å². The largest absolute Gasteiger partial charge is 0.330 e. The maximum absolute atomic E-state index is 14.1. The Morgan fingerprint density at radius 3 is 2.44 bits per heavy atom. The van der Waals surface area contributed by atoms with Gasteiger partial charge in [-0.1, -0.05) is 25.0 Å². The molecule has 0 aromatic heterocycles. The van der Waals surface area contributed by atoms with Crippen LogP contribution < -0.4 is 5.73 Å². The summed E-state index contributed by atoms with van der Waals surface area (Å²) in [6.07, 6.45) is 4.60. The van der Waals surface area contributed by atoms with E-state index in [-0.39, 0.29) is 11.2 Å². The minimum atomic E-state index is -0.0964. The van der Waals surface area contributed by atoms with E-state index in [0.29, 0.717) is 13.1 Å². The third-order valence-corrected chi connectivity index (χ3v) is 4.10. The summed E-state index contributed by atoms with van der Waals surface area (Å²) in [5.41, 5.74) is 7.81. The molecule has 2 N–H and O–H groups in total. The lowest BCUT2D eigenvalue weighted by molar-refractivity contribution is 0.391. The minimum absolute atomic E-state index is 0.0253. The first kappa shape index (κ1) is 13.5. The molecule has 0 bridgehead atoms. The summed E-state index contributed by atoms with van der Waals surface area (Å²) in [6, 6.07) is 5.69. The molecule has 2 nitrogen and oxygen atoms in total. The van der Waals surface area contributed by atoms with Crippen molar-refractivity contribution in [3.63, 3.8) is 0 Å². The van der Waals surface area contributed by atoms with Crippen molar-refractivity contribution in [1.29, 1.82) is 0 Å². The van der Waals surface area contributed by atoms with Gasteiger partial charge in [0, 0.05) is 24.1 Å². The summed E-state index contributed by atoms with van der Waals surface area (Å²) >= 11 is 0. The molecular formula is C15H23FN2. The van der Waals surface area contributed by atoms with Gasteiger partial charge in [0.25, 0.3) is 0 Å². The van der Waals surface area contributed by atoms with E-state index in [1.165, 1.54) is 12.8 Å². The molecule has 3 heteroatoms. The Kier molecular flexibility index (Phi) is 4.03. The lowest BCUT2D eigenvalue weighted by Crippen LogP contribution is -2.32. The Morgan fingerprint density at radius 2 is 1.94 bits per heavy atom. The third-order valence-electron chi connectivity index (χ3n) is 4.10. The second kappa shape index (κ2) is 5.37. The second-order valence-corrected chi connectivity index (χ2v) is 5.74. The maximum atomic E-state index is 14.1. The number of hydrogen-bond donors (Lipinski definition) is 1. The zero-order valence-electron chi connectivity index (χ0n) is 11.4. The van der Waals surface area contributed by atoms with Crippen LogP contribution in [-0.2, 0) is 12.0 Å². The Morgan fingerprint density at radius 1 is 1.28 bits per heavy atom. The highest BCUT2D eigenvalue weighted by Gasteiger charge is 2.34. The lowest BCUT2D eigenvalue weighted by atomic mass is 9.78. The van der Waals surface area contributed by atoms with E-state index in [2.05, 4.69) is 6.07 Å². The van der Waals surface area contributed by atoms with Crippen LogP contribution in [0.4, 0.5) is 4.39 Å². The Balaban J connectivity index is 2.27. The maximum Gasteiger partial charge on any atom is 0.127 e. The van der Waals surface area contributed by atoms with Crippen LogP contribution in [0.2, 0.25) is 0 Å². The average Bonchev–Trinajstić information content (AvgIpc) is 2.81. The first-order valence-electron chi connectivity index (χ1n) is 6.71. The zero-order chi connectivity index (χ0) is 13.2. The van der Waals surface area contributed by atoms with E-state index in [1.807, 2.05) is 25.1 Å². The quantitative estimate of drug-likeness (QED) is 0.890. The van der Waals surface area contributed by atoms with Crippen molar-refractivity contribution in [1.82, 2.24) is 4.90 Å². The molecule has 1 aliphatic carbocycles. The van der Waals surface area contributed by atoms with Gasteiger partial charge in [0.1, 0.15) is 5.82 Å². The van der Waals surface area contributed by atoms with Crippen LogP contribution in [0.25, 0.3) is 0 Å². The van der Waals surface area contributed by atoms with Gasteiger partial charge in [-0.3, -0.25) is 0 Å². The van der Waals surface area contributed by atoms with Gasteiger partial charge in [-0.25, -0.2) is 4.39 Å². The van der Waals surface area contributed by atoms with E-state index in [4.69, 9.17) is 5.73 Å². The SMILES string of the molecule is CN(C)Cc1ccc(C2(CN)CCCC2)cc1F. The second-order valence-electron chi connectivity index (χ2n) is 5.74. The zero-order valence-corrected chi connectivity index (χ0v) is 11.4. The van der Waals surface area contributed by atoms with Crippen LogP contribution in [0.3, 0.4) is 0 Å². The summed E-state index contributed by atoms with van der Waals surface area (Å²) in [6.45, 7) is 1.27. The highest BCUT2D eigenvalue weighted by molar-refractivity contribution is 5.32. The van der Waals surface area contributed by atoms with Gasteiger partial charge in [0.15, 0.2) is 0 Å². The molecule has 100 valence electrons. The summed E-state index contributed by atoms with van der Waals surface area (Å²) < 4.78 is 14.1. The molecule has 2 rings (SSSR count). The van der Waals surface area contributed by atoms with E-state index in [1.54, 1.807) is 6.07 Å². The number of nitrogens with two attached hydrogens (primary N) is 1. The highest BCUT2D eigenvalue weighted by atomic mass is 19.1. The fraction of sp³-hybridized carbons (Fsp3) is 0.600. The summed E-state index contributed by atoms with van der Waals surface area (Å²) in [7, 11) is 3.90. The highest BCUT2D eigenvalue weighted by Crippen LogP contribution is 2.40. The van der Waals surface area contributed by atoms with Crippen molar-refractivity contribution in [3.8, 4) is 0 Å².